The zero-order valence-corrected chi connectivity index (χ0v) is 14.4. The molecule has 2 aromatic carbocycles. The Labute approximate surface area is 149 Å². The molecule has 0 atom stereocenters. The number of hydrogen-bond donors (Lipinski definition) is 2. The topological polar surface area (TPSA) is 67.4 Å². The van der Waals surface area contributed by atoms with Crippen LogP contribution in [0.4, 0.5) is 11.4 Å². The molecule has 0 fully saturated rings. The maximum Gasteiger partial charge on any atom is 0.338 e. The molecule has 0 heterocycles. The monoisotopic (exact) mass is 366 g/mol. The second-order valence-electron chi connectivity index (χ2n) is 4.80. The van der Waals surface area contributed by atoms with Gasteiger partial charge in [0, 0.05) is 5.69 Å². The van der Waals surface area contributed by atoms with E-state index in [-0.39, 0.29) is 12.5 Å². The molecule has 0 saturated carbocycles. The largest absolute Gasteiger partial charge is 0.462 e. The zero-order chi connectivity index (χ0) is 17.5. The van der Waals surface area contributed by atoms with Gasteiger partial charge < -0.3 is 15.4 Å². The highest BCUT2D eigenvalue weighted by Gasteiger charge is 2.09. The lowest BCUT2D eigenvalue weighted by atomic mass is 10.2. The van der Waals surface area contributed by atoms with Gasteiger partial charge in [0.1, 0.15) is 0 Å². The molecule has 126 valence electrons. The number of benzene rings is 2. The lowest BCUT2D eigenvalue weighted by Crippen LogP contribution is -2.22. The molecule has 0 aliphatic carbocycles. The van der Waals surface area contributed by atoms with Crippen molar-refractivity contribution in [2.24, 2.45) is 0 Å². The van der Waals surface area contributed by atoms with Crippen molar-refractivity contribution >= 4 is 46.5 Å². The maximum atomic E-state index is 12.0. The number of para-hydroxylation sites is 1. The highest BCUT2D eigenvalue weighted by Crippen LogP contribution is 2.29. The molecule has 2 aromatic rings. The van der Waals surface area contributed by atoms with Crippen LogP contribution in [0, 0.1) is 0 Å². The van der Waals surface area contributed by atoms with Crippen molar-refractivity contribution in [2.75, 3.05) is 23.8 Å². The zero-order valence-electron chi connectivity index (χ0n) is 12.9. The molecule has 0 radical (unpaired) electrons. The van der Waals surface area contributed by atoms with E-state index in [1.807, 2.05) is 0 Å². The van der Waals surface area contributed by atoms with Crippen molar-refractivity contribution in [3.05, 3.63) is 58.1 Å². The van der Waals surface area contributed by atoms with Crippen molar-refractivity contribution in [3.63, 3.8) is 0 Å². The van der Waals surface area contributed by atoms with E-state index in [1.165, 1.54) is 0 Å². The smallest absolute Gasteiger partial charge is 0.338 e. The summed E-state index contributed by atoms with van der Waals surface area (Å²) in [5.41, 5.74) is 1.50. The van der Waals surface area contributed by atoms with Gasteiger partial charge in [-0.15, -0.1) is 0 Å². The molecule has 1 amide bonds. The number of carbonyl (C=O) groups excluding carboxylic acids is 2. The maximum absolute atomic E-state index is 12.0. The fraction of sp³-hybridized carbons (Fsp3) is 0.176. The highest BCUT2D eigenvalue weighted by atomic mass is 35.5. The number of rotatable bonds is 6. The summed E-state index contributed by atoms with van der Waals surface area (Å²) in [7, 11) is 0. The molecule has 2 rings (SSSR count). The second kappa shape index (κ2) is 8.57. The van der Waals surface area contributed by atoms with Gasteiger partial charge in [-0.1, -0.05) is 29.3 Å². The van der Waals surface area contributed by atoms with Crippen LogP contribution >= 0.6 is 23.2 Å². The van der Waals surface area contributed by atoms with Crippen LogP contribution in [0.15, 0.2) is 42.5 Å². The van der Waals surface area contributed by atoms with Crippen LogP contribution in [0.1, 0.15) is 17.3 Å². The fourth-order valence-electron chi connectivity index (χ4n) is 1.94. The third-order valence-electron chi connectivity index (χ3n) is 3.07. The van der Waals surface area contributed by atoms with Crippen molar-refractivity contribution in [3.8, 4) is 0 Å². The minimum absolute atomic E-state index is 0.00306. The van der Waals surface area contributed by atoms with Crippen molar-refractivity contribution in [1.82, 2.24) is 0 Å². The van der Waals surface area contributed by atoms with Gasteiger partial charge in [0.05, 0.1) is 34.4 Å². The van der Waals surface area contributed by atoms with Crippen LogP contribution in [-0.4, -0.2) is 25.0 Å². The summed E-state index contributed by atoms with van der Waals surface area (Å²) in [6, 6.07) is 11.5. The molecule has 0 aromatic heterocycles. The van der Waals surface area contributed by atoms with E-state index >= 15 is 0 Å². The van der Waals surface area contributed by atoms with E-state index in [0.29, 0.717) is 33.6 Å². The second-order valence-corrected chi connectivity index (χ2v) is 5.61. The van der Waals surface area contributed by atoms with Crippen LogP contribution in [-0.2, 0) is 9.53 Å². The number of halogens is 2. The third kappa shape index (κ3) is 4.88. The van der Waals surface area contributed by atoms with Crippen LogP contribution < -0.4 is 10.6 Å². The summed E-state index contributed by atoms with van der Waals surface area (Å²) in [6.45, 7) is 2.06. The van der Waals surface area contributed by atoms with Crippen molar-refractivity contribution in [2.45, 2.75) is 6.92 Å². The standard InChI is InChI=1S/C17H16Cl2N2O3/c1-2-24-17(23)11-6-8-12(9-7-11)21-15(22)10-20-16-13(18)4-3-5-14(16)19/h3-9,20H,2,10H2,1H3,(H,21,22). The molecule has 2 N–H and O–H groups in total. The highest BCUT2D eigenvalue weighted by molar-refractivity contribution is 6.39. The molecular formula is C17H16Cl2N2O3. The number of esters is 1. The van der Waals surface area contributed by atoms with E-state index in [0.717, 1.165) is 0 Å². The predicted molar refractivity (Wildman–Crippen MR) is 96.0 cm³/mol. The summed E-state index contributed by atoms with van der Waals surface area (Å²) in [4.78, 5) is 23.5. The first-order valence-corrected chi connectivity index (χ1v) is 8.01. The minimum atomic E-state index is -0.398. The number of hydrogen-bond acceptors (Lipinski definition) is 4. The van der Waals surface area contributed by atoms with Gasteiger partial charge in [0.25, 0.3) is 0 Å². The Balaban J connectivity index is 1.92. The number of ether oxygens (including phenoxy) is 1. The van der Waals surface area contributed by atoms with Gasteiger partial charge >= 0.3 is 5.97 Å². The lowest BCUT2D eigenvalue weighted by molar-refractivity contribution is -0.114. The van der Waals surface area contributed by atoms with E-state index in [1.54, 1.807) is 49.4 Å². The molecule has 0 saturated heterocycles. The number of carbonyl (C=O) groups is 2. The Kier molecular flexibility index (Phi) is 6.46. The first kappa shape index (κ1) is 18.1. The Hall–Kier alpha value is -2.24. The molecule has 24 heavy (non-hydrogen) atoms. The van der Waals surface area contributed by atoms with E-state index < -0.39 is 5.97 Å². The normalized spacial score (nSPS) is 10.1. The number of amides is 1. The Morgan fingerprint density at radius 1 is 1.04 bits per heavy atom. The van der Waals surface area contributed by atoms with Gasteiger partial charge in [-0.25, -0.2) is 4.79 Å². The SMILES string of the molecule is CCOC(=O)c1ccc(NC(=O)CNc2c(Cl)cccc2Cl)cc1. The molecule has 5 nitrogen and oxygen atoms in total. The van der Waals surface area contributed by atoms with E-state index in [9.17, 15) is 9.59 Å². The lowest BCUT2D eigenvalue weighted by Gasteiger charge is -2.11. The minimum Gasteiger partial charge on any atom is -0.462 e. The summed E-state index contributed by atoms with van der Waals surface area (Å²) < 4.78 is 4.90. The number of anilines is 2. The summed E-state index contributed by atoms with van der Waals surface area (Å²) in [5, 5.41) is 6.48. The molecule has 7 heteroatoms. The average Bonchev–Trinajstić information content (AvgIpc) is 2.55. The molecule has 0 aliphatic rings. The molecular weight excluding hydrogens is 351 g/mol. The predicted octanol–water partition coefficient (Wildman–Crippen LogP) is 4.22. The van der Waals surface area contributed by atoms with Crippen LogP contribution in [0.25, 0.3) is 0 Å². The fourth-order valence-corrected chi connectivity index (χ4v) is 2.48. The average molecular weight is 367 g/mol. The Morgan fingerprint density at radius 2 is 1.67 bits per heavy atom. The molecule has 0 unspecified atom stereocenters. The van der Waals surface area contributed by atoms with Gasteiger partial charge in [-0.2, -0.15) is 0 Å². The summed E-state index contributed by atoms with van der Waals surface area (Å²) >= 11 is 12.0. The van der Waals surface area contributed by atoms with E-state index in [2.05, 4.69) is 10.6 Å². The van der Waals surface area contributed by atoms with Gasteiger partial charge in [-0.05, 0) is 43.3 Å². The first-order chi connectivity index (χ1) is 11.5. The van der Waals surface area contributed by atoms with Gasteiger partial charge in [0.15, 0.2) is 0 Å². The summed E-state index contributed by atoms with van der Waals surface area (Å²) in [6.07, 6.45) is 0. The molecule has 0 bridgehead atoms. The molecule has 0 spiro atoms. The van der Waals surface area contributed by atoms with Crippen molar-refractivity contribution in [1.29, 1.82) is 0 Å². The number of nitrogens with one attached hydrogen (secondary N) is 2. The quantitative estimate of drug-likeness (QED) is 0.751. The summed E-state index contributed by atoms with van der Waals surface area (Å²) in [5.74, 6) is -0.666. The van der Waals surface area contributed by atoms with Crippen LogP contribution in [0.2, 0.25) is 10.0 Å². The Bertz CT molecular complexity index is 713. The Morgan fingerprint density at radius 3 is 2.25 bits per heavy atom. The molecule has 0 aliphatic heterocycles. The van der Waals surface area contributed by atoms with Crippen LogP contribution in [0.3, 0.4) is 0 Å². The third-order valence-corrected chi connectivity index (χ3v) is 3.70. The van der Waals surface area contributed by atoms with E-state index in [4.69, 9.17) is 27.9 Å². The van der Waals surface area contributed by atoms with Crippen LogP contribution in [0.5, 0.6) is 0 Å². The van der Waals surface area contributed by atoms with Crippen molar-refractivity contribution < 1.29 is 14.3 Å². The first-order valence-electron chi connectivity index (χ1n) is 7.26. The van der Waals surface area contributed by atoms with Gasteiger partial charge in [-0.3, -0.25) is 4.79 Å². The van der Waals surface area contributed by atoms with Gasteiger partial charge in [0.2, 0.25) is 5.91 Å².